The van der Waals surface area contributed by atoms with Crippen LogP contribution >= 0.6 is 39.1 Å². The summed E-state index contributed by atoms with van der Waals surface area (Å²) < 4.78 is 6.96. The SMILES string of the molecule is Cc1cc(NC(=O)/C(C#N)=C/c2cc(C)c(OCc3ccc(Cl)cc3Cl)c(C)c2)ccc1Br. The summed E-state index contributed by atoms with van der Waals surface area (Å²) in [7, 11) is 0. The number of nitrogens with one attached hydrogen (secondary N) is 1. The smallest absolute Gasteiger partial charge is 0.266 e. The van der Waals surface area contributed by atoms with Gasteiger partial charge >= 0.3 is 0 Å². The maximum Gasteiger partial charge on any atom is 0.266 e. The molecule has 1 amide bonds. The van der Waals surface area contributed by atoms with Gasteiger partial charge in [0.1, 0.15) is 24.0 Å². The van der Waals surface area contributed by atoms with Crippen LogP contribution in [0.25, 0.3) is 6.08 Å². The third-order valence-corrected chi connectivity index (χ3v) is 6.44. The molecule has 0 spiro atoms. The van der Waals surface area contributed by atoms with Crippen molar-refractivity contribution in [3.8, 4) is 11.8 Å². The van der Waals surface area contributed by atoms with Gasteiger partial charge in [-0.3, -0.25) is 4.79 Å². The Hall–Kier alpha value is -2.78. The normalized spacial score (nSPS) is 11.1. The fraction of sp³-hybridized carbons (Fsp3) is 0.154. The molecule has 3 rings (SSSR count). The molecule has 0 bridgehead atoms. The van der Waals surface area contributed by atoms with E-state index in [4.69, 9.17) is 27.9 Å². The average molecular weight is 544 g/mol. The third-order valence-electron chi connectivity index (χ3n) is 4.96. The molecule has 0 saturated carbocycles. The quantitative estimate of drug-likeness (QED) is 0.255. The highest BCUT2D eigenvalue weighted by atomic mass is 79.9. The first kappa shape index (κ1) is 24.9. The molecule has 0 saturated heterocycles. The van der Waals surface area contributed by atoms with Crippen LogP contribution in [-0.2, 0) is 11.4 Å². The number of rotatable bonds is 6. The van der Waals surface area contributed by atoms with Crippen molar-refractivity contribution in [2.45, 2.75) is 27.4 Å². The second-order valence-corrected chi connectivity index (χ2v) is 9.29. The van der Waals surface area contributed by atoms with Gasteiger partial charge in [-0.2, -0.15) is 5.26 Å². The van der Waals surface area contributed by atoms with Crippen LogP contribution in [0.15, 0.2) is 58.6 Å². The summed E-state index contributed by atoms with van der Waals surface area (Å²) in [5.74, 6) is 0.263. The van der Waals surface area contributed by atoms with Gasteiger partial charge < -0.3 is 10.1 Å². The lowest BCUT2D eigenvalue weighted by molar-refractivity contribution is -0.112. The monoisotopic (exact) mass is 542 g/mol. The van der Waals surface area contributed by atoms with Crippen LogP contribution in [0.2, 0.25) is 10.0 Å². The molecule has 168 valence electrons. The van der Waals surface area contributed by atoms with E-state index in [0.29, 0.717) is 22.3 Å². The molecule has 3 aromatic carbocycles. The number of amides is 1. The van der Waals surface area contributed by atoms with Crippen molar-refractivity contribution in [2.75, 3.05) is 5.32 Å². The Kier molecular flexibility index (Phi) is 8.20. The minimum atomic E-state index is -0.466. The molecule has 4 nitrogen and oxygen atoms in total. The van der Waals surface area contributed by atoms with Crippen molar-refractivity contribution >= 4 is 56.8 Å². The van der Waals surface area contributed by atoms with Crippen molar-refractivity contribution in [3.63, 3.8) is 0 Å². The molecule has 0 aliphatic rings. The fourth-order valence-corrected chi connectivity index (χ4v) is 4.03. The van der Waals surface area contributed by atoms with E-state index in [1.165, 1.54) is 0 Å². The van der Waals surface area contributed by atoms with Crippen molar-refractivity contribution in [1.29, 1.82) is 5.26 Å². The van der Waals surface area contributed by atoms with Crippen LogP contribution in [0.3, 0.4) is 0 Å². The molecule has 7 heteroatoms. The van der Waals surface area contributed by atoms with E-state index in [1.807, 2.05) is 57.2 Å². The first-order valence-electron chi connectivity index (χ1n) is 10.0. The number of hydrogen-bond donors (Lipinski definition) is 1. The van der Waals surface area contributed by atoms with E-state index in [2.05, 4.69) is 21.2 Å². The van der Waals surface area contributed by atoms with Crippen LogP contribution in [0, 0.1) is 32.1 Å². The van der Waals surface area contributed by atoms with Crippen LogP contribution in [0.1, 0.15) is 27.8 Å². The zero-order valence-electron chi connectivity index (χ0n) is 18.3. The Morgan fingerprint density at radius 1 is 1.06 bits per heavy atom. The van der Waals surface area contributed by atoms with E-state index in [9.17, 15) is 10.1 Å². The summed E-state index contributed by atoms with van der Waals surface area (Å²) in [4.78, 5) is 12.6. The lowest BCUT2D eigenvalue weighted by atomic mass is 10.0. The Bertz CT molecular complexity index is 1270. The van der Waals surface area contributed by atoms with Crippen LogP contribution < -0.4 is 10.1 Å². The first-order valence-corrected chi connectivity index (χ1v) is 11.6. The molecule has 3 aromatic rings. The lowest BCUT2D eigenvalue weighted by Gasteiger charge is -2.14. The van der Waals surface area contributed by atoms with E-state index in [-0.39, 0.29) is 5.57 Å². The summed E-state index contributed by atoms with van der Waals surface area (Å²) in [5.41, 5.74) is 4.95. The second-order valence-electron chi connectivity index (χ2n) is 7.60. The predicted molar refractivity (Wildman–Crippen MR) is 138 cm³/mol. The predicted octanol–water partition coefficient (Wildman–Crippen LogP) is 7.81. The molecule has 0 aromatic heterocycles. The van der Waals surface area contributed by atoms with E-state index >= 15 is 0 Å². The number of nitrogens with zero attached hydrogens (tertiary/aromatic N) is 1. The number of aryl methyl sites for hydroxylation is 3. The van der Waals surface area contributed by atoms with Gasteiger partial charge in [0, 0.05) is 25.8 Å². The maximum absolute atomic E-state index is 12.6. The molecule has 0 heterocycles. The summed E-state index contributed by atoms with van der Waals surface area (Å²) >= 11 is 15.6. The number of ether oxygens (including phenoxy) is 1. The minimum Gasteiger partial charge on any atom is -0.488 e. The molecule has 1 N–H and O–H groups in total. The molecule has 0 aliphatic heterocycles. The summed E-state index contributed by atoms with van der Waals surface area (Å²) in [6, 6.07) is 16.5. The zero-order chi connectivity index (χ0) is 24.1. The maximum atomic E-state index is 12.6. The molecule has 0 aliphatic carbocycles. The number of hydrogen-bond acceptors (Lipinski definition) is 3. The number of nitriles is 1. The van der Waals surface area contributed by atoms with Crippen molar-refractivity contribution in [1.82, 2.24) is 0 Å². The van der Waals surface area contributed by atoms with Crippen molar-refractivity contribution < 1.29 is 9.53 Å². The zero-order valence-corrected chi connectivity index (χ0v) is 21.4. The van der Waals surface area contributed by atoms with E-state index in [1.54, 1.807) is 24.3 Å². The number of benzene rings is 3. The number of anilines is 1. The minimum absolute atomic E-state index is 0.0102. The lowest BCUT2D eigenvalue weighted by Crippen LogP contribution is -2.13. The van der Waals surface area contributed by atoms with E-state index in [0.717, 1.165) is 38.0 Å². The number of carbonyl (C=O) groups is 1. The molecule has 33 heavy (non-hydrogen) atoms. The highest BCUT2D eigenvalue weighted by Gasteiger charge is 2.13. The Balaban J connectivity index is 1.78. The van der Waals surface area contributed by atoms with Gasteiger partial charge in [-0.1, -0.05) is 45.2 Å². The summed E-state index contributed by atoms with van der Waals surface area (Å²) in [5, 5.41) is 13.4. The Morgan fingerprint density at radius 3 is 2.36 bits per heavy atom. The largest absolute Gasteiger partial charge is 0.488 e. The van der Waals surface area contributed by atoms with Crippen LogP contribution in [-0.4, -0.2) is 5.91 Å². The van der Waals surface area contributed by atoms with E-state index < -0.39 is 5.91 Å². The van der Waals surface area contributed by atoms with Gasteiger partial charge in [0.05, 0.1) is 0 Å². The first-order chi connectivity index (χ1) is 15.7. The molecule has 0 unspecified atom stereocenters. The molecule has 0 radical (unpaired) electrons. The topological polar surface area (TPSA) is 62.1 Å². The van der Waals surface area contributed by atoms with Gasteiger partial charge in [-0.05, 0) is 91.6 Å². The van der Waals surface area contributed by atoms with Crippen molar-refractivity contribution in [3.05, 3.63) is 96.4 Å². The van der Waals surface area contributed by atoms with Crippen LogP contribution in [0.4, 0.5) is 5.69 Å². The highest BCUT2D eigenvalue weighted by molar-refractivity contribution is 9.10. The fourth-order valence-electron chi connectivity index (χ4n) is 3.32. The summed E-state index contributed by atoms with van der Waals surface area (Å²) in [6.07, 6.45) is 1.57. The number of halogens is 3. The van der Waals surface area contributed by atoms with Gasteiger partial charge in [-0.15, -0.1) is 0 Å². The van der Waals surface area contributed by atoms with Gasteiger partial charge in [0.25, 0.3) is 5.91 Å². The average Bonchev–Trinajstić information content (AvgIpc) is 2.75. The molecule has 0 atom stereocenters. The van der Waals surface area contributed by atoms with Gasteiger partial charge in [0.15, 0.2) is 0 Å². The molecular formula is C26H21BrCl2N2O2. The van der Waals surface area contributed by atoms with Gasteiger partial charge in [-0.25, -0.2) is 0 Å². The van der Waals surface area contributed by atoms with Gasteiger partial charge in [0.2, 0.25) is 0 Å². The molecular weight excluding hydrogens is 523 g/mol. The Labute approximate surface area is 211 Å². The second kappa shape index (κ2) is 10.9. The van der Waals surface area contributed by atoms with Crippen LogP contribution in [0.5, 0.6) is 5.75 Å². The molecule has 0 fully saturated rings. The third kappa shape index (κ3) is 6.39. The summed E-state index contributed by atoms with van der Waals surface area (Å²) in [6.45, 7) is 6.06. The Morgan fingerprint density at radius 2 is 1.76 bits per heavy atom. The highest BCUT2D eigenvalue weighted by Crippen LogP contribution is 2.29. The number of carbonyl (C=O) groups excluding carboxylic acids is 1. The van der Waals surface area contributed by atoms with Crippen molar-refractivity contribution in [2.24, 2.45) is 0 Å². The standard InChI is InChI=1S/C26H21BrCl2N2O2/c1-15-10-22(6-7-23(15)27)31-26(32)20(13-30)11-18-8-16(2)25(17(3)9-18)33-14-19-4-5-21(28)12-24(19)29/h4-12H,14H2,1-3H3,(H,31,32)/b20-11+.